The van der Waals surface area contributed by atoms with Gasteiger partial charge in [-0.05, 0) is 30.5 Å². The quantitative estimate of drug-likeness (QED) is 0.845. The number of halogens is 3. The van der Waals surface area contributed by atoms with Crippen LogP contribution in [0.3, 0.4) is 0 Å². The Morgan fingerprint density at radius 3 is 2.57 bits per heavy atom. The van der Waals surface area contributed by atoms with Gasteiger partial charge in [-0.25, -0.2) is 0 Å². The zero-order valence-corrected chi connectivity index (χ0v) is 12.2. The molecule has 0 bridgehead atoms. The summed E-state index contributed by atoms with van der Waals surface area (Å²) in [5.41, 5.74) is 0.416. The summed E-state index contributed by atoms with van der Waals surface area (Å²) in [5.74, 6) is -0.161. The average Bonchev–Trinajstić information content (AvgIpc) is 2.51. The lowest BCUT2D eigenvalue weighted by Crippen LogP contribution is -2.23. The SMILES string of the molecule is C[C@H]1C[C@@H](O)c2cc(-c3cccc(C(F)(F)F)c3)nnc2C1O. The molecule has 1 aromatic carbocycles. The van der Waals surface area contributed by atoms with Crippen molar-refractivity contribution in [3.05, 3.63) is 47.2 Å². The Morgan fingerprint density at radius 2 is 1.87 bits per heavy atom. The van der Waals surface area contributed by atoms with Crippen LogP contribution in [0.15, 0.2) is 30.3 Å². The fourth-order valence-electron chi connectivity index (χ4n) is 2.79. The van der Waals surface area contributed by atoms with Crippen LogP contribution in [0.25, 0.3) is 11.3 Å². The summed E-state index contributed by atoms with van der Waals surface area (Å²) in [6.45, 7) is 1.79. The fourth-order valence-corrected chi connectivity index (χ4v) is 2.79. The van der Waals surface area contributed by atoms with Crippen LogP contribution >= 0.6 is 0 Å². The maximum Gasteiger partial charge on any atom is 0.416 e. The summed E-state index contributed by atoms with van der Waals surface area (Å²) in [4.78, 5) is 0. The second kappa shape index (κ2) is 5.58. The van der Waals surface area contributed by atoms with E-state index in [9.17, 15) is 23.4 Å². The van der Waals surface area contributed by atoms with E-state index in [-0.39, 0.29) is 22.9 Å². The Hall–Kier alpha value is -1.99. The van der Waals surface area contributed by atoms with Gasteiger partial charge < -0.3 is 10.2 Å². The minimum absolute atomic E-state index is 0.161. The maximum absolute atomic E-state index is 12.8. The van der Waals surface area contributed by atoms with Gasteiger partial charge in [-0.15, -0.1) is 0 Å². The van der Waals surface area contributed by atoms with E-state index in [2.05, 4.69) is 10.2 Å². The zero-order chi connectivity index (χ0) is 16.8. The number of aliphatic hydroxyl groups is 2. The van der Waals surface area contributed by atoms with Crippen molar-refractivity contribution in [3.63, 3.8) is 0 Å². The molecule has 0 fully saturated rings. The van der Waals surface area contributed by atoms with Gasteiger partial charge >= 0.3 is 6.18 Å². The van der Waals surface area contributed by atoms with Crippen molar-refractivity contribution >= 4 is 0 Å². The monoisotopic (exact) mass is 324 g/mol. The molecule has 1 aliphatic rings. The standard InChI is InChI=1S/C16H15F3N2O2/c1-8-5-13(22)11-7-12(20-21-14(11)15(8)23)9-3-2-4-10(6-9)16(17,18)19/h2-4,6-8,13,15,22-23H,5H2,1H3/t8-,13+,15?/m0/s1. The molecule has 4 nitrogen and oxygen atoms in total. The molecule has 1 unspecified atom stereocenters. The number of alkyl halides is 3. The summed E-state index contributed by atoms with van der Waals surface area (Å²) in [5, 5.41) is 28.1. The zero-order valence-electron chi connectivity index (χ0n) is 12.2. The molecule has 1 heterocycles. The van der Waals surface area contributed by atoms with E-state index in [4.69, 9.17) is 0 Å². The predicted molar refractivity (Wildman–Crippen MR) is 76.2 cm³/mol. The fraction of sp³-hybridized carbons (Fsp3) is 0.375. The van der Waals surface area contributed by atoms with Crippen LogP contribution in [-0.2, 0) is 6.18 Å². The molecule has 0 amide bonds. The Bertz CT molecular complexity index is 734. The maximum atomic E-state index is 12.8. The van der Waals surface area contributed by atoms with E-state index in [1.165, 1.54) is 18.2 Å². The molecule has 0 aliphatic heterocycles. The number of benzene rings is 1. The first kappa shape index (κ1) is 15.9. The third-order valence-electron chi connectivity index (χ3n) is 4.11. The van der Waals surface area contributed by atoms with Crippen LogP contribution in [0, 0.1) is 5.92 Å². The lowest BCUT2D eigenvalue weighted by atomic mass is 9.83. The number of aromatic nitrogens is 2. The van der Waals surface area contributed by atoms with Crippen LogP contribution in [-0.4, -0.2) is 20.4 Å². The van der Waals surface area contributed by atoms with Crippen LogP contribution < -0.4 is 0 Å². The second-order valence-corrected chi connectivity index (χ2v) is 5.82. The van der Waals surface area contributed by atoms with E-state index in [0.717, 1.165) is 12.1 Å². The Morgan fingerprint density at radius 1 is 1.13 bits per heavy atom. The molecular weight excluding hydrogens is 309 g/mol. The lowest BCUT2D eigenvalue weighted by molar-refractivity contribution is -0.137. The molecule has 0 radical (unpaired) electrons. The van der Waals surface area contributed by atoms with Gasteiger partial charge in [-0.1, -0.05) is 19.1 Å². The largest absolute Gasteiger partial charge is 0.416 e. The highest BCUT2D eigenvalue weighted by molar-refractivity contribution is 5.61. The predicted octanol–water partition coefficient (Wildman–Crippen LogP) is 3.27. The number of hydrogen-bond donors (Lipinski definition) is 2. The van der Waals surface area contributed by atoms with Crippen molar-refractivity contribution in [3.8, 4) is 11.3 Å². The third-order valence-corrected chi connectivity index (χ3v) is 4.11. The van der Waals surface area contributed by atoms with Gasteiger partial charge in [0, 0.05) is 11.1 Å². The van der Waals surface area contributed by atoms with E-state index < -0.39 is 23.9 Å². The minimum Gasteiger partial charge on any atom is -0.388 e. The number of rotatable bonds is 1. The van der Waals surface area contributed by atoms with Crippen molar-refractivity contribution in [1.29, 1.82) is 0 Å². The minimum atomic E-state index is -4.44. The van der Waals surface area contributed by atoms with E-state index in [1.807, 2.05) is 0 Å². The normalized spacial score (nSPS) is 24.3. The number of fused-ring (bicyclic) bond motifs is 1. The second-order valence-electron chi connectivity index (χ2n) is 5.82. The van der Waals surface area contributed by atoms with Gasteiger partial charge in [-0.2, -0.15) is 23.4 Å². The van der Waals surface area contributed by atoms with E-state index in [1.54, 1.807) is 6.92 Å². The Kier molecular flexibility index (Phi) is 3.85. The summed E-state index contributed by atoms with van der Waals surface area (Å²) in [7, 11) is 0. The molecule has 7 heteroatoms. The molecule has 1 aromatic heterocycles. The Balaban J connectivity index is 2.05. The van der Waals surface area contributed by atoms with Gasteiger partial charge in [0.15, 0.2) is 0 Å². The van der Waals surface area contributed by atoms with Crippen LogP contribution in [0.2, 0.25) is 0 Å². The molecule has 0 saturated heterocycles. The summed E-state index contributed by atoms with van der Waals surface area (Å²) >= 11 is 0. The highest BCUT2D eigenvalue weighted by atomic mass is 19.4. The van der Waals surface area contributed by atoms with E-state index in [0.29, 0.717) is 12.0 Å². The van der Waals surface area contributed by atoms with Crippen molar-refractivity contribution in [2.45, 2.75) is 31.7 Å². The molecule has 0 saturated carbocycles. The molecule has 3 atom stereocenters. The average molecular weight is 324 g/mol. The highest BCUT2D eigenvalue weighted by Gasteiger charge is 2.33. The van der Waals surface area contributed by atoms with Crippen molar-refractivity contribution in [2.75, 3.05) is 0 Å². The number of hydrogen-bond acceptors (Lipinski definition) is 4. The number of aliphatic hydroxyl groups excluding tert-OH is 2. The van der Waals surface area contributed by atoms with Crippen molar-refractivity contribution in [2.24, 2.45) is 5.92 Å². The summed E-state index contributed by atoms with van der Waals surface area (Å²) < 4.78 is 38.4. The molecule has 122 valence electrons. The van der Waals surface area contributed by atoms with Crippen LogP contribution in [0.4, 0.5) is 13.2 Å². The smallest absolute Gasteiger partial charge is 0.388 e. The lowest BCUT2D eigenvalue weighted by Gasteiger charge is -2.29. The molecule has 2 N–H and O–H groups in total. The summed E-state index contributed by atoms with van der Waals surface area (Å²) in [6, 6.07) is 6.27. The first-order valence-electron chi connectivity index (χ1n) is 7.18. The van der Waals surface area contributed by atoms with Crippen molar-refractivity contribution in [1.82, 2.24) is 10.2 Å². The number of nitrogens with zero attached hydrogens (tertiary/aromatic N) is 2. The van der Waals surface area contributed by atoms with Gasteiger partial charge in [0.25, 0.3) is 0 Å². The third kappa shape index (κ3) is 2.94. The summed E-state index contributed by atoms with van der Waals surface area (Å²) in [6.07, 6.45) is -5.73. The van der Waals surface area contributed by atoms with Gasteiger partial charge in [0.2, 0.25) is 0 Å². The first-order chi connectivity index (χ1) is 10.8. The topological polar surface area (TPSA) is 66.2 Å². The molecule has 3 rings (SSSR count). The Labute approximate surface area is 130 Å². The van der Waals surface area contributed by atoms with Gasteiger partial charge in [0.1, 0.15) is 6.10 Å². The van der Waals surface area contributed by atoms with E-state index >= 15 is 0 Å². The van der Waals surface area contributed by atoms with Crippen LogP contribution in [0.1, 0.15) is 42.4 Å². The first-order valence-corrected chi connectivity index (χ1v) is 7.18. The van der Waals surface area contributed by atoms with Gasteiger partial charge in [0.05, 0.1) is 23.1 Å². The van der Waals surface area contributed by atoms with Crippen molar-refractivity contribution < 1.29 is 23.4 Å². The molecular formula is C16H15F3N2O2. The molecule has 1 aliphatic carbocycles. The van der Waals surface area contributed by atoms with Crippen LogP contribution in [0.5, 0.6) is 0 Å². The molecule has 0 spiro atoms. The van der Waals surface area contributed by atoms with Gasteiger partial charge in [-0.3, -0.25) is 0 Å². The highest BCUT2D eigenvalue weighted by Crippen LogP contribution is 2.39. The molecule has 23 heavy (non-hydrogen) atoms. The molecule has 2 aromatic rings.